The molecule has 0 bridgehead atoms. The van der Waals surface area contributed by atoms with Gasteiger partial charge in [0.2, 0.25) is 0 Å². The summed E-state index contributed by atoms with van der Waals surface area (Å²) >= 11 is 0. The van der Waals surface area contributed by atoms with Crippen molar-refractivity contribution in [2.45, 2.75) is 25.8 Å². The quantitative estimate of drug-likeness (QED) is 0.777. The van der Waals surface area contributed by atoms with E-state index in [0.29, 0.717) is 0 Å². The van der Waals surface area contributed by atoms with Crippen molar-refractivity contribution in [1.82, 2.24) is 25.0 Å². The number of benzene rings is 1. The minimum Gasteiger partial charge on any atom is -0.365 e. The largest absolute Gasteiger partial charge is 0.365 e. The van der Waals surface area contributed by atoms with E-state index < -0.39 is 0 Å². The van der Waals surface area contributed by atoms with Gasteiger partial charge < -0.3 is 10.2 Å². The Balaban J connectivity index is 1.60. The van der Waals surface area contributed by atoms with Gasteiger partial charge in [0.05, 0.1) is 23.8 Å². The summed E-state index contributed by atoms with van der Waals surface area (Å²) in [6, 6.07) is 8.03. The standard InChI is InChI=1S/C17H21N7/c1-4-10-23(11-5-1)17-16(18-8-12-24-13-9-19-22-24)20-14-6-2-3-7-15(14)21-17/h2-3,6-7,9,13H,1,4-5,8,10-12H2,(H,18,20). The van der Waals surface area contributed by atoms with Gasteiger partial charge in [0, 0.05) is 25.8 Å². The van der Waals surface area contributed by atoms with E-state index in [4.69, 9.17) is 9.97 Å². The van der Waals surface area contributed by atoms with Gasteiger partial charge in [0.25, 0.3) is 0 Å². The molecule has 2 aromatic heterocycles. The van der Waals surface area contributed by atoms with Gasteiger partial charge in [0.1, 0.15) is 0 Å². The Morgan fingerprint density at radius 3 is 2.54 bits per heavy atom. The third kappa shape index (κ3) is 3.15. The van der Waals surface area contributed by atoms with E-state index >= 15 is 0 Å². The zero-order chi connectivity index (χ0) is 16.2. The first-order valence-corrected chi connectivity index (χ1v) is 8.50. The molecule has 1 aliphatic heterocycles. The second-order valence-electron chi connectivity index (χ2n) is 6.03. The topological polar surface area (TPSA) is 71.8 Å². The van der Waals surface area contributed by atoms with Crippen LogP contribution in [0.15, 0.2) is 36.7 Å². The van der Waals surface area contributed by atoms with Crippen LogP contribution in [0, 0.1) is 0 Å². The first kappa shape index (κ1) is 14.9. The van der Waals surface area contributed by atoms with E-state index in [0.717, 1.165) is 48.8 Å². The molecule has 3 heterocycles. The minimum absolute atomic E-state index is 0.733. The Hall–Kier alpha value is -2.70. The van der Waals surface area contributed by atoms with Crippen LogP contribution in [-0.2, 0) is 6.54 Å². The highest BCUT2D eigenvalue weighted by atomic mass is 15.4. The average molecular weight is 323 g/mol. The van der Waals surface area contributed by atoms with Crippen molar-refractivity contribution in [3.63, 3.8) is 0 Å². The van der Waals surface area contributed by atoms with E-state index in [1.54, 1.807) is 6.20 Å². The first-order valence-electron chi connectivity index (χ1n) is 8.50. The molecular formula is C17H21N7. The summed E-state index contributed by atoms with van der Waals surface area (Å²) in [4.78, 5) is 12.0. The minimum atomic E-state index is 0.733. The predicted octanol–water partition coefficient (Wildman–Crippen LogP) is 2.32. The molecule has 0 aliphatic carbocycles. The SMILES string of the molecule is c1ccc2nc(N3CCCCC3)c(NCCn3ccnn3)nc2c1. The Labute approximate surface area is 140 Å². The van der Waals surface area contributed by atoms with Crippen molar-refractivity contribution < 1.29 is 0 Å². The summed E-state index contributed by atoms with van der Waals surface area (Å²) in [6.45, 7) is 3.57. The van der Waals surface area contributed by atoms with Crippen molar-refractivity contribution in [2.24, 2.45) is 0 Å². The fourth-order valence-corrected chi connectivity index (χ4v) is 3.08. The number of nitrogens with one attached hydrogen (secondary N) is 1. The molecule has 1 fully saturated rings. The number of anilines is 2. The van der Waals surface area contributed by atoms with Crippen LogP contribution in [0.5, 0.6) is 0 Å². The molecule has 7 heteroatoms. The first-order chi connectivity index (χ1) is 11.9. The number of hydrogen-bond acceptors (Lipinski definition) is 6. The van der Waals surface area contributed by atoms with Crippen LogP contribution in [0.4, 0.5) is 11.6 Å². The van der Waals surface area contributed by atoms with E-state index in [2.05, 4.69) is 20.5 Å². The Kier molecular flexibility index (Phi) is 4.22. The smallest absolute Gasteiger partial charge is 0.172 e. The van der Waals surface area contributed by atoms with Crippen LogP contribution in [0.1, 0.15) is 19.3 Å². The summed E-state index contributed by atoms with van der Waals surface area (Å²) in [7, 11) is 0. The maximum atomic E-state index is 4.88. The molecule has 4 rings (SSSR count). The lowest BCUT2D eigenvalue weighted by Crippen LogP contribution is -2.31. The van der Waals surface area contributed by atoms with Crippen LogP contribution in [-0.4, -0.2) is 44.6 Å². The predicted molar refractivity (Wildman–Crippen MR) is 94.1 cm³/mol. The number of aromatic nitrogens is 5. The molecule has 1 N–H and O–H groups in total. The lowest BCUT2D eigenvalue weighted by Gasteiger charge is -2.29. The number of rotatable bonds is 5. The molecule has 1 aromatic carbocycles. The van der Waals surface area contributed by atoms with E-state index in [1.807, 2.05) is 35.1 Å². The van der Waals surface area contributed by atoms with Crippen LogP contribution in [0.25, 0.3) is 11.0 Å². The zero-order valence-corrected chi connectivity index (χ0v) is 13.6. The van der Waals surface area contributed by atoms with Gasteiger partial charge in [0.15, 0.2) is 11.6 Å². The third-order valence-corrected chi connectivity index (χ3v) is 4.31. The molecule has 7 nitrogen and oxygen atoms in total. The molecule has 24 heavy (non-hydrogen) atoms. The molecule has 0 spiro atoms. The van der Waals surface area contributed by atoms with Crippen molar-refractivity contribution >= 4 is 22.7 Å². The van der Waals surface area contributed by atoms with Crippen LogP contribution >= 0.6 is 0 Å². The lowest BCUT2D eigenvalue weighted by atomic mass is 10.1. The number of nitrogens with zero attached hydrogens (tertiary/aromatic N) is 6. The Morgan fingerprint density at radius 1 is 1.00 bits per heavy atom. The van der Waals surface area contributed by atoms with E-state index in [1.165, 1.54) is 19.3 Å². The molecule has 1 saturated heterocycles. The molecule has 1 aliphatic rings. The summed E-state index contributed by atoms with van der Waals surface area (Å²) in [6.07, 6.45) is 7.28. The molecule has 0 saturated carbocycles. The maximum Gasteiger partial charge on any atom is 0.172 e. The van der Waals surface area contributed by atoms with Crippen LogP contribution in [0.2, 0.25) is 0 Å². The van der Waals surface area contributed by atoms with Crippen molar-refractivity contribution in [3.8, 4) is 0 Å². The lowest BCUT2D eigenvalue weighted by molar-refractivity contribution is 0.573. The monoisotopic (exact) mass is 323 g/mol. The zero-order valence-electron chi connectivity index (χ0n) is 13.6. The van der Waals surface area contributed by atoms with E-state index in [-0.39, 0.29) is 0 Å². The molecule has 0 amide bonds. The second-order valence-corrected chi connectivity index (χ2v) is 6.03. The highest BCUT2D eigenvalue weighted by Crippen LogP contribution is 2.27. The number of fused-ring (bicyclic) bond motifs is 1. The summed E-state index contributed by atoms with van der Waals surface area (Å²) in [5, 5.41) is 11.3. The highest BCUT2D eigenvalue weighted by Gasteiger charge is 2.18. The molecule has 0 radical (unpaired) electrons. The molecule has 0 atom stereocenters. The molecule has 0 unspecified atom stereocenters. The maximum absolute atomic E-state index is 4.88. The average Bonchev–Trinajstić information content (AvgIpc) is 3.15. The third-order valence-electron chi connectivity index (χ3n) is 4.31. The number of para-hydroxylation sites is 2. The number of hydrogen-bond donors (Lipinski definition) is 1. The van der Waals surface area contributed by atoms with Crippen LogP contribution in [0.3, 0.4) is 0 Å². The van der Waals surface area contributed by atoms with Gasteiger partial charge in [-0.15, -0.1) is 5.10 Å². The van der Waals surface area contributed by atoms with Crippen LogP contribution < -0.4 is 10.2 Å². The van der Waals surface area contributed by atoms with Gasteiger partial charge in [-0.2, -0.15) is 0 Å². The Morgan fingerprint density at radius 2 is 1.79 bits per heavy atom. The summed E-state index contributed by atoms with van der Waals surface area (Å²) in [5.74, 6) is 1.82. The normalized spacial score (nSPS) is 14.9. The Bertz CT molecular complexity index is 794. The van der Waals surface area contributed by atoms with Crippen molar-refractivity contribution in [3.05, 3.63) is 36.7 Å². The highest BCUT2D eigenvalue weighted by molar-refractivity contribution is 5.80. The molecular weight excluding hydrogens is 302 g/mol. The van der Waals surface area contributed by atoms with Crippen molar-refractivity contribution in [1.29, 1.82) is 0 Å². The molecule has 124 valence electrons. The van der Waals surface area contributed by atoms with E-state index in [9.17, 15) is 0 Å². The molecule has 3 aromatic rings. The van der Waals surface area contributed by atoms with Gasteiger partial charge >= 0.3 is 0 Å². The van der Waals surface area contributed by atoms with Gasteiger partial charge in [-0.1, -0.05) is 17.3 Å². The fraction of sp³-hybridized carbons (Fsp3) is 0.412. The van der Waals surface area contributed by atoms with Gasteiger partial charge in [-0.3, -0.25) is 4.68 Å². The number of piperidine rings is 1. The van der Waals surface area contributed by atoms with Gasteiger partial charge in [-0.25, -0.2) is 9.97 Å². The fourth-order valence-electron chi connectivity index (χ4n) is 3.08. The van der Waals surface area contributed by atoms with Gasteiger partial charge in [-0.05, 0) is 31.4 Å². The summed E-state index contributed by atoms with van der Waals surface area (Å²) < 4.78 is 1.81. The summed E-state index contributed by atoms with van der Waals surface area (Å²) in [5.41, 5.74) is 1.86. The van der Waals surface area contributed by atoms with Crippen molar-refractivity contribution in [2.75, 3.05) is 29.9 Å². The second kappa shape index (κ2) is 6.82.